The van der Waals surface area contributed by atoms with Gasteiger partial charge in [0.15, 0.2) is 0 Å². The first-order chi connectivity index (χ1) is 15.8. The van der Waals surface area contributed by atoms with Crippen molar-refractivity contribution in [3.05, 3.63) is 63.6 Å². The molecular weight excluding hydrogens is 497 g/mol. The van der Waals surface area contributed by atoms with E-state index < -0.39 is 28.5 Å². The average molecular weight is 529 g/mol. The summed E-state index contributed by atoms with van der Waals surface area (Å²) in [5.74, 6) is -0.882. The summed E-state index contributed by atoms with van der Waals surface area (Å²) in [4.78, 5) is 27.7. The number of rotatable bonds is 10. The minimum absolute atomic E-state index is 0.0415. The number of sulfonamides is 1. The van der Waals surface area contributed by atoms with Crippen LogP contribution in [0.4, 0.5) is 5.69 Å². The zero-order valence-electron chi connectivity index (χ0n) is 20.0. The number of carbonyl (C=O) groups excluding carboxylic acids is 2. The molecular formula is C24H31Cl2N3O4S. The van der Waals surface area contributed by atoms with Crippen molar-refractivity contribution in [3.8, 4) is 0 Å². The lowest BCUT2D eigenvalue weighted by atomic mass is 10.1. The fourth-order valence-corrected chi connectivity index (χ4v) is 4.42. The molecule has 7 nitrogen and oxygen atoms in total. The van der Waals surface area contributed by atoms with Gasteiger partial charge in [-0.25, -0.2) is 8.42 Å². The molecule has 0 saturated heterocycles. The normalized spacial score (nSPS) is 13.1. The second kappa shape index (κ2) is 11.9. The van der Waals surface area contributed by atoms with Crippen molar-refractivity contribution < 1.29 is 18.0 Å². The number of halogens is 2. The van der Waals surface area contributed by atoms with Gasteiger partial charge in [0.05, 0.1) is 11.9 Å². The van der Waals surface area contributed by atoms with Crippen LogP contribution in [0.2, 0.25) is 10.0 Å². The topological polar surface area (TPSA) is 86.8 Å². The molecule has 186 valence electrons. The van der Waals surface area contributed by atoms with Crippen LogP contribution < -0.4 is 9.62 Å². The molecule has 2 aromatic carbocycles. The molecule has 10 heteroatoms. The molecule has 2 amide bonds. The lowest BCUT2D eigenvalue weighted by Gasteiger charge is -2.32. The zero-order valence-corrected chi connectivity index (χ0v) is 22.3. The fourth-order valence-electron chi connectivity index (χ4n) is 3.21. The Bertz CT molecular complexity index is 1140. The number of benzene rings is 2. The van der Waals surface area contributed by atoms with Crippen LogP contribution >= 0.6 is 23.2 Å². The van der Waals surface area contributed by atoms with E-state index >= 15 is 0 Å². The van der Waals surface area contributed by atoms with Crippen molar-refractivity contribution in [1.82, 2.24) is 10.2 Å². The molecule has 0 fully saturated rings. The van der Waals surface area contributed by atoms with Gasteiger partial charge in [-0.3, -0.25) is 13.9 Å². The molecule has 34 heavy (non-hydrogen) atoms. The van der Waals surface area contributed by atoms with Crippen LogP contribution in [-0.2, 0) is 26.2 Å². The molecule has 2 aromatic rings. The highest BCUT2D eigenvalue weighted by atomic mass is 35.5. The van der Waals surface area contributed by atoms with Crippen molar-refractivity contribution in [2.24, 2.45) is 0 Å². The van der Waals surface area contributed by atoms with Gasteiger partial charge in [0.1, 0.15) is 12.6 Å². The van der Waals surface area contributed by atoms with Crippen molar-refractivity contribution >= 4 is 50.7 Å². The second-order valence-electron chi connectivity index (χ2n) is 8.31. The molecule has 0 spiro atoms. The predicted octanol–water partition coefficient (Wildman–Crippen LogP) is 4.40. The molecule has 0 unspecified atom stereocenters. The van der Waals surface area contributed by atoms with Crippen molar-refractivity contribution in [3.63, 3.8) is 0 Å². The van der Waals surface area contributed by atoms with Gasteiger partial charge in [-0.15, -0.1) is 0 Å². The highest BCUT2D eigenvalue weighted by Crippen LogP contribution is 2.26. The largest absolute Gasteiger partial charge is 0.352 e. The molecule has 1 N–H and O–H groups in total. The number of anilines is 1. The van der Waals surface area contributed by atoms with Gasteiger partial charge in [-0.2, -0.15) is 0 Å². The van der Waals surface area contributed by atoms with Gasteiger partial charge in [0.25, 0.3) is 0 Å². The number of aryl methyl sites for hydroxylation is 1. The monoisotopic (exact) mass is 527 g/mol. The van der Waals surface area contributed by atoms with E-state index in [1.165, 1.54) is 11.0 Å². The third kappa shape index (κ3) is 7.35. The Morgan fingerprint density at radius 1 is 1.06 bits per heavy atom. The maximum Gasteiger partial charge on any atom is 0.244 e. The van der Waals surface area contributed by atoms with E-state index in [1.54, 1.807) is 50.2 Å². The molecule has 0 aliphatic heterocycles. The summed E-state index contributed by atoms with van der Waals surface area (Å²) in [7, 11) is -3.83. The average Bonchev–Trinajstić information content (AvgIpc) is 2.77. The molecule has 0 aliphatic carbocycles. The molecule has 2 rings (SSSR count). The maximum atomic E-state index is 13.5. The zero-order chi connectivity index (χ0) is 25.6. The van der Waals surface area contributed by atoms with Crippen LogP contribution in [0.5, 0.6) is 0 Å². The fraction of sp³-hybridized carbons (Fsp3) is 0.417. The summed E-state index contributed by atoms with van der Waals surface area (Å²) in [5.41, 5.74) is 1.69. The van der Waals surface area contributed by atoms with Crippen molar-refractivity contribution in [2.75, 3.05) is 17.1 Å². The Balaban J connectivity index is 2.42. The van der Waals surface area contributed by atoms with Gasteiger partial charge in [0.2, 0.25) is 21.8 Å². The maximum absolute atomic E-state index is 13.5. The molecule has 2 atom stereocenters. The minimum atomic E-state index is -3.83. The lowest BCUT2D eigenvalue weighted by molar-refractivity contribution is -0.139. The third-order valence-electron chi connectivity index (χ3n) is 5.59. The van der Waals surface area contributed by atoms with Crippen LogP contribution in [0.3, 0.4) is 0 Å². The Kier molecular flexibility index (Phi) is 9.79. The standard InChI is InChI=1S/C24H31Cl2N3O4S/c1-6-17(3)27-24(31)18(4)28(14-19-9-7-8-10-21(19)25)23(30)15-29(34(5,32)33)20-12-11-16(2)22(26)13-20/h7-13,17-18H,6,14-15H2,1-5H3,(H,27,31)/t17-,18+/m0/s1. The second-order valence-corrected chi connectivity index (χ2v) is 11.0. The lowest BCUT2D eigenvalue weighted by Crippen LogP contribution is -2.52. The number of carbonyl (C=O) groups is 2. The van der Waals surface area contributed by atoms with E-state index in [2.05, 4.69) is 5.32 Å². The minimum Gasteiger partial charge on any atom is -0.352 e. The Hall–Kier alpha value is -2.29. The highest BCUT2D eigenvalue weighted by Gasteiger charge is 2.31. The van der Waals surface area contributed by atoms with Gasteiger partial charge in [0, 0.05) is 22.6 Å². The summed E-state index contributed by atoms with van der Waals surface area (Å²) in [6.45, 7) is 6.77. The van der Waals surface area contributed by atoms with Gasteiger partial charge in [-0.1, -0.05) is 54.4 Å². The van der Waals surface area contributed by atoms with Crippen LogP contribution in [0.1, 0.15) is 38.3 Å². The number of hydrogen-bond donors (Lipinski definition) is 1. The Labute approximate surface area is 212 Å². The Morgan fingerprint density at radius 3 is 2.26 bits per heavy atom. The van der Waals surface area contributed by atoms with E-state index in [1.807, 2.05) is 13.8 Å². The molecule has 0 aliphatic rings. The summed E-state index contributed by atoms with van der Waals surface area (Å²) in [6.07, 6.45) is 1.75. The molecule has 0 heterocycles. The van der Waals surface area contributed by atoms with Crippen molar-refractivity contribution in [1.29, 1.82) is 0 Å². The SMILES string of the molecule is CC[C@H](C)NC(=O)[C@@H](C)N(Cc1ccccc1Cl)C(=O)CN(c1ccc(C)c(Cl)c1)S(C)(=O)=O. The number of amides is 2. The van der Waals surface area contributed by atoms with Crippen LogP contribution in [-0.4, -0.2) is 50.0 Å². The number of nitrogens with zero attached hydrogens (tertiary/aromatic N) is 2. The predicted molar refractivity (Wildman–Crippen MR) is 138 cm³/mol. The summed E-state index contributed by atoms with van der Waals surface area (Å²) in [5, 5.41) is 3.71. The summed E-state index contributed by atoms with van der Waals surface area (Å²) >= 11 is 12.5. The molecule has 0 saturated carbocycles. The highest BCUT2D eigenvalue weighted by molar-refractivity contribution is 7.92. The van der Waals surface area contributed by atoms with E-state index in [0.29, 0.717) is 15.6 Å². The van der Waals surface area contributed by atoms with Crippen LogP contribution in [0.15, 0.2) is 42.5 Å². The molecule has 0 aromatic heterocycles. The van der Waals surface area contributed by atoms with E-state index in [4.69, 9.17) is 23.2 Å². The van der Waals surface area contributed by atoms with Gasteiger partial charge >= 0.3 is 0 Å². The van der Waals surface area contributed by atoms with Gasteiger partial charge in [-0.05, 0) is 56.5 Å². The smallest absolute Gasteiger partial charge is 0.244 e. The van der Waals surface area contributed by atoms with Crippen molar-refractivity contribution in [2.45, 2.75) is 52.7 Å². The van der Waals surface area contributed by atoms with Gasteiger partial charge < -0.3 is 10.2 Å². The molecule has 0 bridgehead atoms. The first kappa shape index (κ1) is 28.0. The third-order valence-corrected chi connectivity index (χ3v) is 7.51. The Morgan fingerprint density at radius 2 is 1.71 bits per heavy atom. The first-order valence-corrected chi connectivity index (χ1v) is 13.5. The molecule has 0 radical (unpaired) electrons. The van der Waals surface area contributed by atoms with Crippen LogP contribution in [0, 0.1) is 6.92 Å². The van der Waals surface area contributed by atoms with Crippen LogP contribution in [0.25, 0.3) is 0 Å². The summed E-state index contributed by atoms with van der Waals surface area (Å²) in [6, 6.07) is 10.8. The van der Waals surface area contributed by atoms with E-state index in [-0.39, 0.29) is 24.2 Å². The first-order valence-electron chi connectivity index (χ1n) is 10.9. The van der Waals surface area contributed by atoms with E-state index in [9.17, 15) is 18.0 Å². The number of hydrogen-bond acceptors (Lipinski definition) is 4. The quantitative estimate of drug-likeness (QED) is 0.495. The van der Waals surface area contributed by atoms with E-state index in [0.717, 1.165) is 22.5 Å². The summed E-state index contributed by atoms with van der Waals surface area (Å²) < 4.78 is 26.2. The number of nitrogens with one attached hydrogen (secondary N) is 1.